The van der Waals surface area contributed by atoms with Crippen molar-refractivity contribution in [3.8, 4) is 6.07 Å². The van der Waals surface area contributed by atoms with Crippen LogP contribution in [0.1, 0.15) is 36.0 Å². The van der Waals surface area contributed by atoms with E-state index in [0.717, 1.165) is 37.1 Å². The predicted octanol–water partition coefficient (Wildman–Crippen LogP) is 3.18. The van der Waals surface area contributed by atoms with Crippen molar-refractivity contribution in [2.45, 2.75) is 31.8 Å². The molecule has 0 radical (unpaired) electrons. The number of aryl methyl sites for hydroxylation is 1. The van der Waals surface area contributed by atoms with Crippen LogP contribution in [0.25, 0.3) is 0 Å². The highest BCUT2D eigenvalue weighted by Crippen LogP contribution is 2.33. The topological polar surface area (TPSA) is 76.4 Å². The molecule has 5 heteroatoms. The molecule has 1 aliphatic heterocycles. The van der Waals surface area contributed by atoms with Crippen molar-refractivity contribution in [1.29, 1.82) is 5.26 Å². The van der Waals surface area contributed by atoms with E-state index in [1.807, 2.05) is 31.2 Å². The van der Waals surface area contributed by atoms with Gasteiger partial charge >= 0.3 is 0 Å². The van der Waals surface area contributed by atoms with Crippen LogP contribution in [0.15, 0.2) is 48.5 Å². The van der Waals surface area contributed by atoms with Crippen molar-refractivity contribution in [2.24, 2.45) is 0 Å². The first-order chi connectivity index (χ1) is 13.0. The minimum atomic E-state index is -0.796. The van der Waals surface area contributed by atoms with E-state index >= 15 is 0 Å². The van der Waals surface area contributed by atoms with E-state index in [1.165, 1.54) is 0 Å². The van der Waals surface area contributed by atoms with Gasteiger partial charge in [-0.05, 0) is 61.7 Å². The molecule has 0 bridgehead atoms. The van der Waals surface area contributed by atoms with Gasteiger partial charge in [0.05, 0.1) is 11.6 Å². The minimum Gasteiger partial charge on any atom is -0.384 e. The number of likely N-dealkylation sites (tertiary alicyclic amines) is 1. The van der Waals surface area contributed by atoms with Crippen LogP contribution in [-0.2, 0) is 10.4 Å². The lowest BCUT2D eigenvalue weighted by molar-refractivity contribution is -0.116. The molecule has 1 aliphatic rings. The summed E-state index contributed by atoms with van der Waals surface area (Å²) in [5.74, 6) is -0.0342. The smallest absolute Gasteiger partial charge is 0.224 e. The lowest BCUT2D eigenvalue weighted by Crippen LogP contribution is -2.32. The second-order valence-corrected chi connectivity index (χ2v) is 7.21. The molecule has 5 nitrogen and oxygen atoms in total. The average Bonchev–Trinajstić information content (AvgIpc) is 3.05. The number of β-amino-alcohol motifs (C(OH)–C–C–N with tert-alkyl or cyclic N) is 1. The number of hydrogen-bond donors (Lipinski definition) is 2. The molecule has 2 aromatic rings. The van der Waals surface area contributed by atoms with Gasteiger partial charge in [0.1, 0.15) is 5.60 Å². The van der Waals surface area contributed by atoms with Crippen LogP contribution < -0.4 is 5.32 Å². The average molecular weight is 363 g/mol. The standard InChI is InChI=1S/C22H25N3O2/c1-17-5-2-3-6-20(17)22(27)12-14-25(16-22)13-4-7-21(26)24-19-10-8-18(15-23)9-11-19/h2-3,5-6,8-11,27H,4,7,12-14,16H2,1H3,(H,24,26). The van der Waals surface area contributed by atoms with Gasteiger partial charge < -0.3 is 10.4 Å². The third-order valence-corrected chi connectivity index (χ3v) is 5.15. The summed E-state index contributed by atoms with van der Waals surface area (Å²) in [7, 11) is 0. The van der Waals surface area contributed by atoms with Crippen molar-refractivity contribution in [3.05, 3.63) is 65.2 Å². The molecular formula is C22H25N3O2. The molecule has 1 fully saturated rings. The molecule has 1 unspecified atom stereocenters. The summed E-state index contributed by atoms with van der Waals surface area (Å²) in [5.41, 5.74) is 2.60. The van der Waals surface area contributed by atoms with E-state index < -0.39 is 5.60 Å². The Balaban J connectivity index is 1.45. The molecule has 2 aromatic carbocycles. The van der Waals surface area contributed by atoms with Gasteiger partial charge in [-0.25, -0.2) is 0 Å². The van der Waals surface area contributed by atoms with Gasteiger partial charge in [0, 0.05) is 25.2 Å². The Kier molecular flexibility index (Phi) is 5.90. The number of nitrogens with one attached hydrogen (secondary N) is 1. The van der Waals surface area contributed by atoms with E-state index in [4.69, 9.17) is 5.26 Å². The molecule has 0 aromatic heterocycles. The van der Waals surface area contributed by atoms with Crippen molar-refractivity contribution in [2.75, 3.05) is 25.0 Å². The second kappa shape index (κ2) is 8.34. The van der Waals surface area contributed by atoms with Crippen LogP contribution in [0.2, 0.25) is 0 Å². The molecule has 1 amide bonds. The summed E-state index contributed by atoms with van der Waals surface area (Å²) in [6.07, 6.45) is 1.89. The van der Waals surface area contributed by atoms with Gasteiger partial charge in [-0.2, -0.15) is 5.26 Å². The quantitative estimate of drug-likeness (QED) is 0.826. The van der Waals surface area contributed by atoms with Gasteiger partial charge in [0.15, 0.2) is 0 Å². The van der Waals surface area contributed by atoms with Crippen molar-refractivity contribution < 1.29 is 9.90 Å². The fourth-order valence-electron chi connectivity index (χ4n) is 3.69. The fourth-order valence-corrected chi connectivity index (χ4v) is 3.69. The summed E-state index contributed by atoms with van der Waals surface area (Å²) >= 11 is 0. The number of hydrogen-bond acceptors (Lipinski definition) is 4. The summed E-state index contributed by atoms with van der Waals surface area (Å²) in [4.78, 5) is 14.3. The van der Waals surface area contributed by atoms with Gasteiger partial charge in [-0.15, -0.1) is 0 Å². The van der Waals surface area contributed by atoms with Crippen molar-refractivity contribution in [1.82, 2.24) is 4.90 Å². The highest BCUT2D eigenvalue weighted by molar-refractivity contribution is 5.90. The first kappa shape index (κ1) is 19.1. The third kappa shape index (κ3) is 4.73. The molecular weight excluding hydrogens is 338 g/mol. The minimum absolute atomic E-state index is 0.0342. The van der Waals surface area contributed by atoms with Gasteiger partial charge in [0.25, 0.3) is 0 Å². The lowest BCUT2D eigenvalue weighted by Gasteiger charge is -2.25. The Bertz CT molecular complexity index is 841. The van der Waals surface area contributed by atoms with Crippen LogP contribution in [0.4, 0.5) is 5.69 Å². The van der Waals surface area contributed by atoms with E-state index in [-0.39, 0.29) is 5.91 Å². The SMILES string of the molecule is Cc1ccccc1C1(O)CCN(CCCC(=O)Nc2ccc(C#N)cc2)C1. The van der Waals surface area contributed by atoms with Crippen molar-refractivity contribution >= 4 is 11.6 Å². The van der Waals surface area contributed by atoms with E-state index in [0.29, 0.717) is 24.2 Å². The maximum absolute atomic E-state index is 12.1. The van der Waals surface area contributed by atoms with Crippen LogP contribution in [0.5, 0.6) is 0 Å². The van der Waals surface area contributed by atoms with Crippen LogP contribution in [0.3, 0.4) is 0 Å². The Hall–Kier alpha value is -2.68. The molecule has 27 heavy (non-hydrogen) atoms. The van der Waals surface area contributed by atoms with Crippen molar-refractivity contribution in [3.63, 3.8) is 0 Å². The second-order valence-electron chi connectivity index (χ2n) is 7.21. The van der Waals surface area contributed by atoms with E-state index in [2.05, 4.69) is 16.3 Å². The number of rotatable bonds is 6. The Morgan fingerprint density at radius 2 is 2.00 bits per heavy atom. The maximum Gasteiger partial charge on any atom is 0.224 e. The number of amides is 1. The van der Waals surface area contributed by atoms with Crippen LogP contribution in [0, 0.1) is 18.3 Å². The summed E-state index contributed by atoms with van der Waals surface area (Å²) < 4.78 is 0. The number of anilines is 1. The number of nitriles is 1. The normalized spacial score (nSPS) is 19.6. The monoisotopic (exact) mass is 363 g/mol. The first-order valence-electron chi connectivity index (χ1n) is 9.31. The van der Waals surface area contributed by atoms with Crippen LogP contribution >= 0.6 is 0 Å². The molecule has 3 rings (SSSR count). The number of carbonyl (C=O) groups is 1. The Morgan fingerprint density at radius 1 is 1.26 bits per heavy atom. The largest absolute Gasteiger partial charge is 0.384 e. The van der Waals surface area contributed by atoms with E-state index in [1.54, 1.807) is 24.3 Å². The first-order valence-corrected chi connectivity index (χ1v) is 9.31. The van der Waals surface area contributed by atoms with Gasteiger partial charge in [0.2, 0.25) is 5.91 Å². The summed E-state index contributed by atoms with van der Waals surface area (Å²) in [5, 5.41) is 22.7. The van der Waals surface area contributed by atoms with Gasteiger partial charge in [-0.3, -0.25) is 9.69 Å². The highest BCUT2D eigenvalue weighted by atomic mass is 16.3. The molecule has 0 aliphatic carbocycles. The molecule has 0 spiro atoms. The number of carbonyl (C=O) groups excluding carboxylic acids is 1. The predicted molar refractivity (Wildman–Crippen MR) is 105 cm³/mol. The Morgan fingerprint density at radius 3 is 2.70 bits per heavy atom. The molecule has 1 heterocycles. The maximum atomic E-state index is 12.1. The highest BCUT2D eigenvalue weighted by Gasteiger charge is 2.38. The lowest BCUT2D eigenvalue weighted by atomic mass is 9.89. The van der Waals surface area contributed by atoms with Crippen LogP contribution in [-0.4, -0.2) is 35.5 Å². The third-order valence-electron chi connectivity index (χ3n) is 5.15. The molecule has 2 N–H and O–H groups in total. The Labute approximate surface area is 160 Å². The summed E-state index contributed by atoms with van der Waals surface area (Å²) in [6, 6.07) is 16.9. The van der Waals surface area contributed by atoms with E-state index in [9.17, 15) is 9.90 Å². The molecule has 0 saturated carbocycles. The number of nitrogens with zero attached hydrogens (tertiary/aromatic N) is 2. The zero-order chi connectivity index (χ0) is 19.3. The summed E-state index contributed by atoms with van der Waals surface area (Å²) in [6.45, 7) is 4.26. The fraction of sp³-hybridized carbons (Fsp3) is 0.364. The molecule has 1 saturated heterocycles. The zero-order valence-electron chi connectivity index (χ0n) is 15.6. The van der Waals surface area contributed by atoms with Gasteiger partial charge in [-0.1, -0.05) is 24.3 Å². The zero-order valence-corrected chi connectivity index (χ0v) is 15.6. The molecule has 1 atom stereocenters. The molecule has 140 valence electrons. The number of benzene rings is 2. The number of aliphatic hydroxyl groups is 1.